The fourth-order valence-electron chi connectivity index (χ4n) is 3.33. The first kappa shape index (κ1) is 72.9. The predicted molar refractivity (Wildman–Crippen MR) is 246 cm³/mol. The minimum atomic E-state index is -0.445. The van der Waals surface area contributed by atoms with Crippen molar-refractivity contribution in [3.05, 3.63) is 0 Å². The molecule has 0 fully saturated rings. The number of aliphatic hydroxyl groups is 5. The first-order chi connectivity index (χ1) is 28.9. The Morgan fingerprint density at radius 3 is 1.03 bits per heavy atom. The molecule has 17 heteroatoms. The Morgan fingerprint density at radius 1 is 0.403 bits per heavy atom. The molecule has 0 aliphatic rings. The SMILES string of the molecule is CC(O)COC(C)CO.CC(O)COC(C)COC(C)(C)C.CCCCOCC(C)OCC(C)O.COCC(C)OCC(C)O.COCC(C)OCC(C)OC.COCCOC. The van der Waals surface area contributed by atoms with Crippen LogP contribution in [0.15, 0.2) is 0 Å². The van der Waals surface area contributed by atoms with Crippen molar-refractivity contribution >= 4 is 0 Å². The molecule has 0 aliphatic heterocycles. The van der Waals surface area contributed by atoms with Crippen LogP contribution in [0.1, 0.15) is 110 Å². The van der Waals surface area contributed by atoms with Crippen LogP contribution in [-0.2, 0) is 56.8 Å². The van der Waals surface area contributed by atoms with E-state index in [9.17, 15) is 0 Å². The average Bonchev–Trinajstić information content (AvgIpc) is 3.20. The molecule has 0 rings (SSSR count). The van der Waals surface area contributed by atoms with E-state index in [1.165, 1.54) is 0 Å². The highest BCUT2D eigenvalue weighted by Crippen LogP contribution is 2.08. The summed E-state index contributed by atoms with van der Waals surface area (Å²) in [5, 5.41) is 43.8. The molecule has 0 amide bonds. The van der Waals surface area contributed by atoms with Gasteiger partial charge in [0.15, 0.2) is 0 Å². The topological polar surface area (TPSA) is 212 Å². The summed E-state index contributed by atoms with van der Waals surface area (Å²) < 4.78 is 61.1. The van der Waals surface area contributed by atoms with E-state index >= 15 is 0 Å². The second kappa shape index (κ2) is 54.7. The van der Waals surface area contributed by atoms with E-state index in [2.05, 4.69) is 16.4 Å². The number of hydrogen-bond donors (Lipinski definition) is 5. The van der Waals surface area contributed by atoms with Gasteiger partial charge in [0, 0.05) is 42.2 Å². The fraction of sp³-hybridized carbons (Fsp3) is 1.00. The monoisotopic (exact) mass is 915 g/mol. The third-order valence-corrected chi connectivity index (χ3v) is 6.80. The van der Waals surface area contributed by atoms with Gasteiger partial charge in [-0.05, 0) is 96.4 Å². The van der Waals surface area contributed by atoms with Crippen LogP contribution in [0.25, 0.3) is 0 Å². The number of aliphatic hydroxyl groups excluding tert-OH is 5. The van der Waals surface area contributed by atoms with Crippen molar-refractivity contribution in [2.45, 2.75) is 176 Å². The van der Waals surface area contributed by atoms with Gasteiger partial charge in [0.05, 0.1) is 146 Å². The Balaban J connectivity index is -0.000000154. The first-order valence-electron chi connectivity index (χ1n) is 22.0. The van der Waals surface area contributed by atoms with Crippen molar-refractivity contribution < 1.29 is 82.4 Å². The maximum atomic E-state index is 8.96. The molecule has 10 atom stereocenters. The molecule has 5 N–H and O–H groups in total. The Labute approximate surface area is 379 Å². The van der Waals surface area contributed by atoms with Gasteiger partial charge in [-0.25, -0.2) is 0 Å². The van der Waals surface area contributed by atoms with Crippen LogP contribution in [-0.4, -0.2) is 214 Å². The lowest BCUT2D eigenvalue weighted by molar-refractivity contribution is -0.0789. The van der Waals surface area contributed by atoms with Crippen molar-refractivity contribution in [1.82, 2.24) is 0 Å². The van der Waals surface area contributed by atoms with Crippen molar-refractivity contribution in [2.75, 3.05) is 121 Å². The highest BCUT2D eigenvalue weighted by atomic mass is 16.6. The molecule has 0 saturated carbocycles. The minimum Gasteiger partial charge on any atom is -0.394 e. The van der Waals surface area contributed by atoms with Crippen LogP contribution < -0.4 is 0 Å². The molecule has 0 aromatic heterocycles. The van der Waals surface area contributed by atoms with Gasteiger partial charge in [-0.3, -0.25) is 0 Å². The summed E-state index contributed by atoms with van der Waals surface area (Å²) in [4.78, 5) is 0. The Hall–Kier alpha value is -0.680. The lowest BCUT2D eigenvalue weighted by atomic mass is 10.2. The van der Waals surface area contributed by atoms with Crippen LogP contribution in [0.3, 0.4) is 0 Å². The van der Waals surface area contributed by atoms with Gasteiger partial charge < -0.3 is 82.4 Å². The average molecular weight is 915 g/mol. The zero-order chi connectivity index (χ0) is 49.4. The molecule has 62 heavy (non-hydrogen) atoms. The third kappa shape index (κ3) is 82.9. The van der Waals surface area contributed by atoms with E-state index in [-0.39, 0.29) is 54.9 Å². The summed E-state index contributed by atoms with van der Waals surface area (Å²) in [7, 11) is 8.27. The first-order valence-corrected chi connectivity index (χ1v) is 22.0. The van der Waals surface area contributed by atoms with Crippen LogP contribution in [0.2, 0.25) is 0 Å². The molecular formula is C45H102O17. The second-order valence-electron chi connectivity index (χ2n) is 16.1. The van der Waals surface area contributed by atoms with Crippen molar-refractivity contribution in [3.63, 3.8) is 0 Å². The Bertz CT molecular complexity index is 784. The predicted octanol–water partition coefficient (Wildman–Crippen LogP) is 4.71. The summed E-state index contributed by atoms with van der Waals surface area (Å²) in [6.45, 7) is 33.1. The van der Waals surface area contributed by atoms with Crippen molar-refractivity contribution in [3.8, 4) is 0 Å². The number of ether oxygens (including phenoxy) is 12. The van der Waals surface area contributed by atoms with Gasteiger partial charge >= 0.3 is 0 Å². The van der Waals surface area contributed by atoms with Gasteiger partial charge in [0.2, 0.25) is 0 Å². The molecule has 0 aromatic carbocycles. The summed E-state index contributed by atoms with van der Waals surface area (Å²) in [5.41, 5.74) is -0.123. The highest BCUT2D eigenvalue weighted by molar-refractivity contribution is 4.61. The molecule has 0 bridgehead atoms. The molecular weight excluding hydrogens is 812 g/mol. The Kier molecular flexibility index (Phi) is 64.3. The molecule has 0 aromatic rings. The minimum absolute atomic E-state index is 0.00667. The van der Waals surface area contributed by atoms with E-state index in [0.717, 1.165) is 19.4 Å². The molecule has 0 radical (unpaired) electrons. The lowest BCUT2D eigenvalue weighted by Gasteiger charge is -2.22. The van der Waals surface area contributed by atoms with E-state index < -0.39 is 18.3 Å². The molecule has 0 saturated heterocycles. The molecule has 0 spiro atoms. The van der Waals surface area contributed by atoms with Gasteiger partial charge in [-0.2, -0.15) is 0 Å². The lowest BCUT2D eigenvalue weighted by Crippen LogP contribution is -2.27. The van der Waals surface area contributed by atoms with Crippen LogP contribution in [0.4, 0.5) is 0 Å². The van der Waals surface area contributed by atoms with Crippen LogP contribution in [0, 0.1) is 0 Å². The van der Waals surface area contributed by atoms with E-state index in [1.54, 1.807) is 70.2 Å². The van der Waals surface area contributed by atoms with Crippen LogP contribution >= 0.6 is 0 Å². The quantitative estimate of drug-likeness (QED) is 0.0596. The summed E-state index contributed by atoms with van der Waals surface area (Å²) in [6, 6.07) is 0. The van der Waals surface area contributed by atoms with Gasteiger partial charge in [-0.1, -0.05) is 13.3 Å². The zero-order valence-corrected chi connectivity index (χ0v) is 43.0. The van der Waals surface area contributed by atoms with Crippen molar-refractivity contribution in [2.24, 2.45) is 0 Å². The maximum Gasteiger partial charge on any atom is 0.0782 e. The van der Waals surface area contributed by atoms with Gasteiger partial charge in [-0.15, -0.1) is 0 Å². The van der Waals surface area contributed by atoms with Gasteiger partial charge in [0.1, 0.15) is 0 Å². The third-order valence-electron chi connectivity index (χ3n) is 6.80. The number of hydrogen-bond acceptors (Lipinski definition) is 17. The fourth-order valence-corrected chi connectivity index (χ4v) is 3.33. The second-order valence-corrected chi connectivity index (χ2v) is 16.1. The summed E-state index contributed by atoms with van der Waals surface area (Å²) in [5.74, 6) is 0. The number of methoxy groups -OCH3 is 5. The van der Waals surface area contributed by atoms with E-state index in [0.29, 0.717) is 72.7 Å². The van der Waals surface area contributed by atoms with Gasteiger partial charge in [0.25, 0.3) is 0 Å². The maximum absolute atomic E-state index is 8.96. The smallest absolute Gasteiger partial charge is 0.0782 e. The zero-order valence-electron chi connectivity index (χ0n) is 43.0. The van der Waals surface area contributed by atoms with E-state index in [4.69, 9.17) is 72.9 Å². The Morgan fingerprint density at radius 2 is 0.742 bits per heavy atom. The summed E-state index contributed by atoms with van der Waals surface area (Å²) in [6.07, 6.45) is 0.950. The molecule has 0 aliphatic carbocycles. The summed E-state index contributed by atoms with van der Waals surface area (Å²) >= 11 is 0. The number of rotatable bonds is 31. The largest absolute Gasteiger partial charge is 0.394 e. The van der Waals surface area contributed by atoms with Crippen LogP contribution in [0.5, 0.6) is 0 Å². The standard InChI is InChI=1S/2C10H22O3.C8H18O3.C7H16O3.C6H14O3.C4H10O2/c1-8(11)6-12-9(2)7-13-10(3,4)5;1-4-5-6-12-8-10(3)13-7-9(2)11;1-7(10-4)6-11-8(2)5-9-3;1-6(8)4-10-7(2)5-9-3;1-5(8)4-9-6(2)3-7;1-5-3-4-6-2/h8-9,11H,6-7H2,1-5H3;9-11H,4-8H2,1-3H3;7-8H,5-6H2,1-4H3;6-8H,4-5H2,1-3H3;5-8H,3-4H2,1-2H3;3-4H2,1-2H3. The normalized spacial score (nSPS) is 15.9. The molecule has 0 heterocycles. The highest BCUT2D eigenvalue weighted by Gasteiger charge is 2.13. The molecule has 384 valence electrons. The van der Waals surface area contributed by atoms with E-state index in [1.807, 2.05) is 55.4 Å². The van der Waals surface area contributed by atoms with Crippen molar-refractivity contribution in [1.29, 1.82) is 0 Å². The number of unbranched alkanes of at least 4 members (excludes halogenated alkanes) is 1. The molecule has 10 unspecified atom stereocenters. The molecule has 17 nitrogen and oxygen atoms in total.